The Morgan fingerprint density at radius 2 is 1.69 bits per heavy atom. The second kappa shape index (κ2) is 6.94. The Bertz CT molecular complexity index is 1100. The molecule has 5 rings (SSSR count). The van der Waals surface area contributed by atoms with E-state index in [9.17, 15) is 15.0 Å². The number of carbonyl (C=O) groups is 1. The minimum absolute atomic E-state index is 0.00777. The largest absolute Gasteiger partial charge is 0.396 e. The van der Waals surface area contributed by atoms with Crippen LogP contribution in [0.15, 0.2) is 54.6 Å². The van der Waals surface area contributed by atoms with Crippen LogP contribution in [0.1, 0.15) is 51.0 Å². The summed E-state index contributed by atoms with van der Waals surface area (Å²) in [5.41, 5.74) is 8.36. The summed E-state index contributed by atoms with van der Waals surface area (Å²) >= 11 is 0. The number of rotatable bonds is 4. The summed E-state index contributed by atoms with van der Waals surface area (Å²) in [5.74, 6) is 0.00777. The first kappa shape index (κ1) is 18.3. The van der Waals surface area contributed by atoms with Crippen LogP contribution in [0, 0.1) is 5.41 Å². The first-order chi connectivity index (χ1) is 14.1. The maximum atomic E-state index is 12.7. The number of Topliss-reactive ketones (excluding diaryl/α,β-unsaturated/α-hetero) is 1. The molecule has 0 aromatic heterocycles. The van der Waals surface area contributed by atoms with Gasteiger partial charge in [-0.25, -0.2) is 0 Å². The van der Waals surface area contributed by atoms with Gasteiger partial charge in [-0.15, -0.1) is 0 Å². The molecule has 0 heterocycles. The molecule has 2 N–H and O–H groups in total. The van der Waals surface area contributed by atoms with Gasteiger partial charge in [-0.2, -0.15) is 0 Å². The highest BCUT2D eigenvalue weighted by atomic mass is 16.3. The molecule has 3 heteroatoms. The monoisotopic (exact) mass is 384 g/mol. The zero-order valence-electron chi connectivity index (χ0n) is 16.3. The van der Waals surface area contributed by atoms with Crippen molar-refractivity contribution in [2.75, 3.05) is 13.2 Å². The zero-order valence-corrected chi connectivity index (χ0v) is 16.3. The average Bonchev–Trinajstić information content (AvgIpc) is 3.42. The van der Waals surface area contributed by atoms with E-state index in [4.69, 9.17) is 0 Å². The summed E-state index contributed by atoms with van der Waals surface area (Å²) in [7, 11) is 0. The van der Waals surface area contributed by atoms with Crippen molar-refractivity contribution in [2.45, 2.75) is 25.7 Å². The standard InChI is InChI=1S/C26H24O3/c27-15-26(16-28)13-23-9-8-22(12-24(23)25(29)14-26)21-7-6-20(11-21)19-5-4-17-2-1-3-18(17)10-19/h1,3-6,8-12,27-28H,2,7,13-16H2. The number of hydrogen-bond donors (Lipinski definition) is 2. The molecule has 0 spiro atoms. The van der Waals surface area contributed by atoms with Crippen molar-refractivity contribution < 1.29 is 15.0 Å². The molecule has 0 fully saturated rings. The van der Waals surface area contributed by atoms with Gasteiger partial charge in [0.25, 0.3) is 0 Å². The molecule has 2 aromatic rings. The van der Waals surface area contributed by atoms with Crippen LogP contribution >= 0.6 is 0 Å². The zero-order chi connectivity index (χ0) is 20.0. The molecule has 2 aromatic carbocycles. The minimum atomic E-state index is -0.727. The van der Waals surface area contributed by atoms with Crippen molar-refractivity contribution in [3.05, 3.63) is 88.0 Å². The maximum absolute atomic E-state index is 12.7. The first-order valence-electron chi connectivity index (χ1n) is 10.2. The molecule has 0 radical (unpaired) electrons. The van der Waals surface area contributed by atoms with Gasteiger partial charge in [-0.3, -0.25) is 4.79 Å². The van der Waals surface area contributed by atoms with Crippen molar-refractivity contribution in [2.24, 2.45) is 5.41 Å². The lowest BCUT2D eigenvalue weighted by molar-refractivity contribution is 0.0387. The van der Waals surface area contributed by atoms with Crippen LogP contribution in [-0.4, -0.2) is 29.2 Å². The Morgan fingerprint density at radius 1 is 0.897 bits per heavy atom. The molecule has 0 atom stereocenters. The molecule has 3 aliphatic carbocycles. The number of aliphatic hydroxyl groups is 2. The van der Waals surface area contributed by atoms with Crippen LogP contribution in [0.3, 0.4) is 0 Å². The summed E-state index contributed by atoms with van der Waals surface area (Å²) in [6.07, 6.45) is 11.5. The van der Waals surface area contributed by atoms with E-state index in [1.165, 1.54) is 27.8 Å². The number of aliphatic hydroxyl groups excluding tert-OH is 2. The number of allylic oxidation sites excluding steroid dienone is 5. The van der Waals surface area contributed by atoms with E-state index in [2.05, 4.69) is 48.6 Å². The van der Waals surface area contributed by atoms with E-state index in [0.29, 0.717) is 6.42 Å². The van der Waals surface area contributed by atoms with Gasteiger partial charge in [0.2, 0.25) is 0 Å². The molecule has 0 saturated carbocycles. The van der Waals surface area contributed by atoms with Crippen LogP contribution in [0.5, 0.6) is 0 Å². The summed E-state index contributed by atoms with van der Waals surface area (Å²) in [5, 5.41) is 19.4. The SMILES string of the molecule is O=C1CC(CO)(CO)Cc2ccc(C3=CC(c4ccc5c(c4)C=CC5)=CC3)cc21. The molecular weight excluding hydrogens is 360 g/mol. The van der Waals surface area contributed by atoms with Crippen molar-refractivity contribution in [3.63, 3.8) is 0 Å². The number of hydrogen-bond acceptors (Lipinski definition) is 3. The summed E-state index contributed by atoms with van der Waals surface area (Å²) in [4.78, 5) is 12.7. The van der Waals surface area contributed by atoms with Crippen LogP contribution in [0.2, 0.25) is 0 Å². The van der Waals surface area contributed by atoms with Crippen LogP contribution < -0.4 is 0 Å². The highest BCUT2D eigenvalue weighted by Gasteiger charge is 2.38. The molecule has 0 amide bonds. The van der Waals surface area contributed by atoms with Crippen molar-refractivity contribution in [1.82, 2.24) is 0 Å². The number of fused-ring (bicyclic) bond motifs is 2. The fourth-order valence-corrected chi connectivity index (χ4v) is 4.72. The van der Waals surface area contributed by atoms with Gasteiger partial charge in [-0.05, 0) is 70.4 Å². The molecule has 29 heavy (non-hydrogen) atoms. The fourth-order valence-electron chi connectivity index (χ4n) is 4.72. The lowest BCUT2D eigenvalue weighted by Gasteiger charge is -2.34. The van der Waals surface area contributed by atoms with E-state index < -0.39 is 5.41 Å². The van der Waals surface area contributed by atoms with Gasteiger partial charge in [0.1, 0.15) is 0 Å². The molecule has 3 aliphatic rings. The van der Waals surface area contributed by atoms with Gasteiger partial charge < -0.3 is 10.2 Å². The predicted molar refractivity (Wildman–Crippen MR) is 115 cm³/mol. The second-order valence-electron chi connectivity index (χ2n) is 8.52. The second-order valence-corrected chi connectivity index (χ2v) is 8.52. The number of benzene rings is 2. The smallest absolute Gasteiger partial charge is 0.163 e. The van der Waals surface area contributed by atoms with Crippen molar-refractivity contribution in [3.8, 4) is 0 Å². The minimum Gasteiger partial charge on any atom is -0.396 e. The van der Waals surface area contributed by atoms with Gasteiger partial charge in [0, 0.05) is 17.4 Å². The summed E-state index contributed by atoms with van der Waals surface area (Å²) in [6, 6.07) is 12.7. The Balaban J connectivity index is 1.43. The number of ketones is 1. The topological polar surface area (TPSA) is 57.5 Å². The lowest BCUT2D eigenvalue weighted by Crippen LogP contribution is -2.38. The average molecular weight is 384 g/mol. The van der Waals surface area contributed by atoms with E-state index in [-0.39, 0.29) is 25.4 Å². The summed E-state index contributed by atoms with van der Waals surface area (Å²) in [6.45, 7) is -0.352. The Kier molecular flexibility index (Phi) is 4.38. The Hall–Kier alpha value is -2.75. The van der Waals surface area contributed by atoms with Crippen molar-refractivity contribution >= 4 is 23.0 Å². The normalized spacial score (nSPS) is 19.0. The van der Waals surface area contributed by atoms with Crippen LogP contribution in [0.25, 0.3) is 17.2 Å². The molecule has 146 valence electrons. The Morgan fingerprint density at radius 3 is 2.52 bits per heavy atom. The highest BCUT2D eigenvalue weighted by Crippen LogP contribution is 2.38. The molecule has 0 unspecified atom stereocenters. The van der Waals surface area contributed by atoms with Gasteiger partial charge in [0.15, 0.2) is 5.78 Å². The predicted octanol–water partition coefficient (Wildman–Crippen LogP) is 4.23. The lowest BCUT2D eigenvalue weighted by atomic mass is 9.71. The van der Waals surface area contributed by atoms with Crippen molar-refractivity contribution in [1.29, 1.82) is 0 Å². The molecule has 0 aliphatic heterocycles. The summed E-state index contributed by atoms with van der Waals surface area (Å²) < 4.78 is 0. The molecular formula is C26H24O3. The molecule has 0 bridgehead atoms. The third-order valence-corrected chi connectivity index (χ3v) is 6.54. The third kappa shape index (κ3) is 3.11. The number of carbonyl (C=O) groups excluding carboxylic acids is 1. The first-order valence-corrected chi connectivity index (χ1v) is 10.2. The van der Waals surface area contributed by atoms with E-state index in [1.807, 2.05) is 12.1 Å². The molecule has 3 nitrogen and oxygen atoms in total. The maximum Gasteiger partial charge on any atom is 0.163 e. The van der Waals surface area contributed by atoms with Crippen LogP contribution in [-0.2, 0) is 12.8 Å². The van der Waals surface area contributed by atoms with E-state index >= 15 is 0 Å². The third-order valence-electron chi connectivity index (χ3n) is 6.54. The Labute approximate surface area is 170 Å². The van der Waals surface area contributed by atoms with E-state index in [1.54, 1.807) is 0 Å². The fraction of sp³-hybridized carbons (Fsp3) is 0.269. The quantitative estimate of drug-likeness (QED) is 0.830. The van der Waals surface area contributed by atoms with Gasteiger partial charge in [-0.1, -0.05) is 48.6 Å². The van der Waals surface area contributed by atoms with Gasteiger partial charge in [0.05, 0.1) is 13.2 Å². The molecule has 0 saturated heterocycles. The highest BCUT2D eigenvalue weighted by molar-refractivity contribution is 6.00. The van der Waals surface area contributed by atoms with E-state index in [0.717, 1.165) is 29.5 Å². The van der Waals surface area contributed by atoms with Gasteiger partial charge >= 0.3 is 0 Å². The van der Waals surface area contributed by atoms with Crippen LogP contribution in [0.4, 0.5) is 0 Å².